The molecule has 3 amide bonds. The van der Waals surface area contributed by atoms with Crippen molar-refractivity contribution in [1.82, 2.24) is 25.8 Å². The van der Waals surface area contributed by atoms with Gasteiger partial charge in [-0.15, -0.1) is 11.3 Å². The first-order valence-corrected chi connectivity index (χ1v) is 15.7. The first-order valence-electron chi connectivity index (χ1n) is 14.8. The minimum absolute atomic E-state index is 0.0379. The summed E-state index contributed by atoms with van der Waals surface area (Å²) in [5.41, 5.74) is 2.17. The van der Waals surface area contributed by atoms with E-state index < -0.39 is 6.04 Å². The molecule has 0 spiro atoms. The number of carbonyl (C=O) groups excluding carboxylic acids is 3. The second-order valence-electron chi connectivity index (χ2n) is 11.3. The molecule has 1 aromatic carbocycles. The van der Waals surface area contributed by atoms with E-state index in [9.17, 15) is 14.4 Å². The van der Waals surface area contributed by atoms with Crippen LogP contribution in [-0.2, 0) is 27.2 Å². The number of hydrogen-bond acceptors (Lipinski definition) is 6. The van der Waals surface area contributed by atoms with Crippen molar-refractivity contribution in [3.63, 3.8) is 0 Å². The zero-order valence-corrected chi connectivity index (χ0v) is 24.6. The normalized spacial score (nSPS) is 18.6. The summed E-state index contributed by atoms with van der Waals surface area (Å²) in [6.07, 6.45) is 8.36. The molecule has 2 heterocycles. The molecule has 3 N–H and O–H groups in total. The molecule has 1 aliphatic heterocycles. The number of aromatic nitrogens is 1. The first-order chi connectivity index (χ1) is 18.9. The predicted molar refractivity (Wildman–Crippen MR) is 157 cm³/mol. The van der Waals surface area contributed by atoms with Gasteiger partial charge in [-0.25, -0.2) is 4.98 Å². The van der Waals surface area contributed by atoms with E-state index in [0.29, 0.717) is 25.3 Å². The van der Waals surface area contributed by atoms with Crippen LogP contribution >= 0.6 is 11.3 Å². The van der Waals surface area contributed by atoms with Crippen LogP contribution in [0.1, 0.15) is 76.3 Å². The lowest BCUT2D eigenvalue weighted by molar-refractivity contribution is -0.129. The Kier molecular flexibility index (Phi) is 10.7. The molecule has 3 atom stereocenters. The van der Waals surface area contributed by atoms with Gasteiger partial charge in [0.05, 0.1) is 15.2 Å². The highest BCUT2D eigenvalue weighted by atomic mass is 32.1. The van der Waals surface area contributed by atoms with Crippen molar-refractivity contribution in [3.05, 3.63) is 28.8 Å². The second kappa shape index (κ2) is 14.2. The number of hydrogen-bond donors (Lipinski definition) is 3. The summed E-state index contributed by atoms with van der Waals surface area (Å²) in [5.74, 6) is -0.101. The number of aryl methyl sites for hydroxylation is 1. The third-order valence-corrected chi connectivity index (χ3v) is 9.27. The van der Waals surface area contributed by atoms with Crippen molar-refractivity contribution in [1.29, 1.82) is 0 Å². The molecule has 0 radical (unpaired) electrons. The van der Waals surface area contributed by atoms with Crippen molar-refractivity contribution in [2.24, 2.45) is 11.8 Å². The molecule has 4 rings (SSSR count). The summed E-state index contributed by atoms with van der Waals surface area (Å²) in [6, 6.07) is 5.39. The van der Waals surface area contributed by atoms with E-state index in [2.05, 4.69) is 39.9 Å². The Hall–Kier alpha value is -2.52. The largest absolute Gasteiger partial charge is 0.354 e. The Labute approximate surface area is 236 Å². The molecular weight excluding hydrogens is 510 g/mol. The maximum Gasteiger partial charge on any atom is 0.243 e. The van der Waals surface area contributed by atoms with E-state index >= 15 is 0 Å². The van der Waals surface area contributed by atoms with Crippen molar-refractivity contribution in [3.8, 4) is 0 Å². The van der Waals surface area contributed by atoms with Crippen LogP contribution in [0.4, 0.5) is 0 Å². The quantitative estimate of drug-likeness (QED) is 0.349. The average Bonchev–Trinajstić information content (AvgIpc) is 3.72. The van der Waals surface area contributed by atoms with E-state index in [0.717, 1.165) is 67.0 Å². The SMILES string of the molecule is CCC(=O)N[C@@H](Cc1nc2ccc(CC)cc2s1)C(=O)NC(CNC(=O)C(C)CN1CCCC1)C1CCCC1. The van der Waals surface area contributed by atoms with Crippen molar-refractivity contribution >= 4 is 39.3 Å². The summed E-state index contributed by atoms with van der Waals surface area (Å²) in [6.45, 7) is 9.22. The van der Waals surface area contributed by atoms with E-state index in [1.54, 1.807) is 18.3 Å². The van der Waals surface area contributed by atoms with Crippen LogP contribution < -0.4 is 16.0 Å². The smallest absolute Gasteiger partial charge is 0.243 e. The van der Waals surface area contributed by atoms with Crippen LogP contribution in [-0.4, -0.2) is 65.9 Å². The molecule has 39 heavy (non-hydrogen) atoms. The second-order valence-corrected chi connectivity index (χ2v) is 12.4. The third-order valence-electron chi connectivity index (χ3n) is 8.23. The summed E-state index contributed by atoms with van der Waals surface area (Å²) in [7, 11) is 0. The van der Waals surface area contributed by atoms with E-state index in [1.165, 1.54) is 18.4 Å². The van der Waals surface area contributed by atoms with Crippen LogP contribution in [0, 0.1) is 11.8 Å². The zero-order chi connectivity index (χ0) is 27.8. The maximum atomic E-state index is 13.6. The van der Waals surface area contributed by atoms with Crippen LogP contribution in [0.25, 0.3) is 10.2 Å². The fraction of sp³-hybridized carbons (Fsp3) is 0.667. The Morgan fingerprint density at radius 3 is 2.49 bits per heavy atom. The van der Waals surface area contributed by atoms with Crippen molar-refractivity contribution < 1.29 is 14.4 Å². The number of carbonyl (C=O) groups is 3. The van der Waals surface area contributed by atoms with E-state index in [1.807, 2.05) is 13.0 Å². The number of likely N-dealkylation sites (tertiary alicyclic amines) is 1. The van der Waals surface area contributed by atoms with Crippen molar-refractivity contribution in [2.75, 3.05) is 26.2 Å². The Balaban J connectivity index is 1.42. The van der Waals surface area contributed by atoms with Gasteiger partial charge in [-0.2, -0.15) is 0 Å². The van der Waals surface area contributed by atoms with Gasteiger partial charge in [0.1, 0.15) is 6.04 Å². The Bertz CT molecular complexity index is 1120. The molecule has 1 aromatic heterocycles. The van der Waals surface area contributed by atoms with Gasteiger partial charge >= 0.3 is 0 Å². The maximum absolute atomic E-state index is 13.6. The highest BCUT2D eigenvalue weighted by Gasteiger charge is 2.31. The average molecular weight is 556 g/mol. The molecule has 2 aliphatic rings. The van der Waals surface area contributed by atoms with Crippen LogP contribution in [0.3, 0.4) is 0 Å². The van der Waals surface area contributed by atoms with Gasteiger partial charge < -0.3 is 20.9 Å². The Morgan fingerprint density at radius 2 is 1.79 bits per heavy atom. The van der Waals surface area contributed by atoms with Gasteiger partial charge in [0.25, 0.3) is 0 Å². The fourth-order valence-electron chi connectivity index (χ4n) is 5.80. The van der Waals surface area contributed by atoms with Crippen LogP contribution in [0.15, 0.2) is 18.2 Å². The minimum Gasteiger partial charge on any atom is -0.354 e. The van der Waals surface area contributed by atoms with Gasteiger partial charge in [0.2, 0.25) is 17.7 Å². The van der Waals surface area contributed by atoms with Gasteiger partial charge in [-0.3, -0.25) is 14.4 Å². The minimum atomic E-state index is -0.711. The summed E-state index contributed by atoms with van der Waals surface area (Å²) in [5, 5.41) is 10.1. The summed E-state index contributed by atoms with van der Waals surface area (Å²) in [4.78, 5) is 46.0. The number of amides is 3. The number of nitrogens with zero attached hydrogens (tertiary/aromatic N) is 2. The van der Waals surface area contributed by atoms with Gasteiger partial charge in [-0.1, -0.05) is 39.7 Å². The van der Waals surface area contributed by atoms with Gasteiger partial charge in [0, 0.05) is 37.9 Å². The summed E-state index contributed by atoms with van der Waals surface area (Å²) < 4.78 is 1.10. The lowest BCUT2D eigenvalue weighted by atomic mass is 9.97. The zero-order valence-electron chi connectivity index (χ0n) is 23.8. The lowest BCUT2D eigenvalue weighted by Crippen LogP contribution is -2.55. The van der Waals surface area contributed by atoms with E-state index in [4.69, 9.17) is 4.98 Å². The highest BCUT2D eigenvalue weighted by molar-refractivity contribution is 7.18. The molecular formula is C30H45N5O3S. The third kappa shape index (κ3) is 8.24. The molecule has 2 aromatic rings. The number of rotatable bonds is 13. The monoisotopic (exact) mass is 555 g/mol. The van der Waals surface area contributed by atoms with Gasteiger partial charge in [0.15, 0.2) is 0 Å². The number of fused-ring (bicyclic) bond motifs is 1. The molecule has 1 aliphatic carbocycles. The molecule has 214 valence electrons. The number of benzene rings is 1. The Morgan fingerprint density at radius 1 is 1.05 bits per heavy atom. The highest BCUT2D eigenvalue weighted by Crippen LogP contribution is 2.28. The van der Waals surface area contributed by atoms with E-state index in [-0.39, 0.29) is 29.7 Å². The molecule has 2 unspecified atom stereocenters. The summed E-state index contributed by atoms with van der Waals surface area (Å²) >= 11 is 1.58. The number of nitrogens with one attached hydrogen (secondary N) is 3. The van der Waals surface area contributed by atoms with Crippen LogP contribution in [0.2, 0.25) is 0 Å². The first kappa shape index (κ1) is 29.5. The standard InChI is InChI=1S/C30H45N5O3S/c1-4-21-12-13-23-26(16-21)39-28(33-23)17-24(32-27(36)5-2)30(38)34-25(22-10-6-7-11-22)18-31-29(37)20(3)19-35-14-8-9-15-35/h12-13,16,20,22,24-25H,4-11,14-15,17-19H2,1-3H3,(H,31,37)(H,32,36)(H,34,38)/t20?,24-,25?/m0/s1. The molecule has 1 saturated heterocycles. The molecule has 1 saturated carbocycles. The molecule has 0 bridgehead atoms. The molecule has 2 fully saturated rings. The molecule has 8 nitrogen and oxygen atoms in total. The van der Waals surface area contributed by atoms with Crippen molar-refractivity contribution in [2.45, 2.75) is 90.6 Å². The fourth-order valence-corrected chi connectivity index (χ4v) is 6.88. The lowest BCUT2D eigenvalue weighted by Gasteiger charge is -2.28. The topological polar surface area (TPSA) is 103 Å². The van der Waals surface area contributed by atoms with Gasteiger partial charge in [-0.05, 0) is 68.8 Å². The molecule has 9 heteroatoms. The predicted octanol–water partition coefficient (Wildman–Crippen LogP) is 3.82. The van der Waals surface area contributed by atoms with Crippen LogP contribution in [0.5, 0.6) is 0 Å². The number of thiazole rings is 1.